The van der Waals surface area contributed by atoms with Gasteiger partial charge in [0.2, 0.25) is 0 Å². The number of hydrogen-bond acceptors (Lipinski definition) is 5. The SMILES string of the molecule is C=CCCN(/C(=C/C(C)C)P(=O)(OCC)OCC)S(=O)(=O)c1ccc(C)cc1. The average Bonchev–Trinajstić information content (AvgIpc) is 2.61. The number of rotatable bonds is 12. The smallest absolute Gasteiger partial charge is 0.304 e. The van der Waals surface area contributed by atoms with E-state index >= 15 is 0 Å². The standard InChI is InChI=1S/C20H32NO5PS/c1-7-10-15-21(28(23,24)19-13-11-18(6)12-14-19)20(16-17(4)5)27(22,25-8-2)26-9-3/h7,11-14,16-17H,1,8-10,15H2,2-6H3/b20-16-. The number of benzene rings is 1. The number of hydrogen-bond donors (Lipinski definition) is 0. The maximum atomic E-state index is 13.5. The highest BCUT2D eigenvalue weighted by atomic mass is 32.2. The molecule has 158 valence electrons. The van der Waals surface area contributed by atoms with Gasteiger partial charge in [0.05, 0.1) is 18.1 Å². The van der Waals surface area contributed by atoms with E-state index in [1.165, 1.54) is 0 Å². The van der Waals surface area contributed by atoms with Gasteiger partial charge in [-0.2, -0.15) is 0 Å². The highest BCUT2D eigenvalue weighted by Gasteiger charge is 2.39. The average molecular weight is 430 g/mol. The Kier molecular flexibility index (Phi) is 9.64. The third-order valence-electron chi connectivity index (χ3n) is 3.76. The van der Waals surface area contributed by atoms with Crippen LogP contribution >= 0.6 is 7.60 Å². The first-order valence-corrected chi connectivity index (χ1v) is 12.4. The summed E-state index contributed by atoms with van der Waals surface area (Å²) in [4.78, 5) is 0.122. The molecule has 0 bridgehead atoms. The largest absolute Gasteiger partial charge is 0.377 e. The molecule has 0 fully saturated rings. The van der Waals surface area contributed by atoms with E-state index in [9.17, 15) is 13.0 Å². The lowest BCUT2D eigenvalue weighted by Crippen LogP contribution is -2.32. The molecule has 1 aromatic rings. The Hall–Kier alpha value is -1.40. The van der Waals surface area contributed by atoms with Crippen molar-refractivity contribution in [2.75, 3.05) is 19.8 Å². The zero-order valence-corrected chi connectivity index (χ0v) is 19.1. The van der Waals surface area contributed by atoms with Gasteiger partial charge in [-0.05, 0) is 51.3 Å². The van der Waals surface area contributed by atoms with Crippen LogP contribution in [0.25, 0.3) is 0 Å². The van der Waals surface area contributed by atoms with Crippen LogP contribution in [0.2, 0.25) is 0 Å². The van der Waals surface area contributed by atoms with Crippen LogP contribution < -0.4 is 0 Å². The van der Waals surface area contributed by atoms with Crippen LogP contribution in [0.4, 0.5) is 0 Å². The number of aryl methyl sites for hydroxylation is 1. The van der Waals surface area contributed by atoms with Crippen molar-refractivity contribution in [2.45, 2.75) is 45.9 Å². The summed E-state index contributed by atoms with van der Waals surface area (Å²) in [5.41, 5.74) is 0.998. The van der Waals surface area contributed by atoms with Crippen LogP contribution in [0.3, 0.4) is 0 Å². The molecule has 0 atom stereocenters. The molecule has 0 unspecified atom stereocenters. The summed E-state index contributed by atoms with van der Waals surface area (Å²) >= 11 is 0. The van der Waals surface area contributed by atoms with Gasteiger partial charge in [0.1, 0.15) is 5.44 Å². The lowest BCUT2D eigenvalue weighted by Gasteiger charge is -2.31. The molecule has 0 aliphatic carbocycles. The van der Waals surface area contributed by atoms with E-state index in [4.69, 9.17) is 9.05 Å². The number of nitrogens with zero attached hydrogens (tertiary/aromatic N) is 1. The van der Waals surface area contributed by atoms with E-state index in [1.54, 1.807) is 50.3 Å². The quantitative estimate of drug-likeness (QED) is 0.332. The predicted octanol–water partition coefficient (Wildman–Crippen LogP) is 5.33. The van der Waals surface area contributed by atoms with Crippen LogP contribution in [-0.2, 0) is 23.6 Å². The van der Waals surface area contributed by atoms with Crippen molar-refractivity contribution >= 4 is 17.6 Å². The molecule has 0 saturated heterocycles. The van der Waals surface area contributed by atoms with Gasteiger partial charge in [0.15, 0.2) is 0 Å². The van der Waals surface area contributed by atoms with Crippen LogP contribution in [0, 0.1) is 12.8 Å². The van der Waals surface area contributed by atoms with Crippen molar-refractivity contribution < 1.29 is 22.0 Å². The van der Waals surface area contributed by atoms with Gasteiger partial charge < -0.3 is 9.05 Å². The molecule has 0 aliphatic rings. The summed E-state index contributed by atoms with van der Waals surface area (Å²) in [6.45, 7) is 13.1. The van der Waals surface area contributed by atoms with Gasteiger partial charge in [-0.1, -0.05) is 37.6 Å². The van der Waals surface area contributed by atoms with Gasteiger partial charge in [0, 0.05) is 6.54 Å². The molecule has 28 heavy (non-hydrogen) atoms. The molecule has 0 radical (unpaired) electrons. The minimum absolute atomic E-state index is 0.0497. The summed E-state index contributed by atoms with van der Waals surface area (Å²) in [5.74, 6) is -0.0660. The normalized spacial score (nSPS) is 13.0. The second-order valence-corrected chi connectivity index (χ2v) is 10.4. The number of allylic oxidation sites excluding steroid dienone is 1. The van der Waals surface area contributed by atoms with Crippen molar-refractivity contribution in [1.82, 2.24) is 4.31 Å². The fourth-order valence-electron chi connectivity index (χ4n) is 2.52. The Labute approximate surface area is 169 Å². The minimum atomic E-state index is -3.97. The fourth-order valence-corrected chi connectivity index (χ4v) is 6.41. The van der Waals surface area contributed by atoms with Crippen LogP contribution in [-0.4, -0.2) is 32.5 Å². The zero-order chi connectivity index (χ0) is 21.4. The topological polar surface area (TPSA) is 72.9 Å². The Morgan fingerprint density at radius 2 is 1.71 bits per heavy atom. The second-order valence-electron chi connectivity index (χ2n) is 6.57. The van der Waals surface area contributed by atoms with E-state index in [-0.39, 0.29) is 36.0 Å². The minimum Gasteiger partial charge on any atom is -0.304 e. The summed E-state index contributed by atoms with van der Waals surface area (Å²) in [7, 11) is -7.80. The first kappa shape index (κ1) is 24.6. The highest BCUT2D eigenvalue weighted by molar-refractivity contribution is 7.89. The molecule has 0 saturated carbocycles. The summed E-state index contributed by atoms with van der Waals surface area (Å²) in [5, 5.41) is 0. The third-order valence-corrected chi connectivity index (χ3v) is 7.87. The van der Waals surface area contributed by atoms with Crippen molar-refractivity contribution in [1.29, 1.82) is 0 Å². The van der Waals surface area contributed by atoms with E-state index in [0.29, 0.717) is 6.42 Å². The Balaban J connectivity index is 3.64. The molecule has 1 aromatic carbocycles. The predicted molar refractivity (Wildman–Crippen MR) is 114 cm³/mol. The van der Waals surface area contributed by atoms with Gasteiger partial charge >= 0.3 is 7.60 Å². The molecule has 0 aromatic heterocycles. The fraction of sp³-hybridized carbons (Fsp3) is 0.500. The lowest BCUT2D eigenvalue weighted by molar-refractivity contribution is 0.220. The van der Waals surface area contributed by atoms with Crippen molar-refractivity contribution in [2.24, 2.45) is 5.92 Å². The lowest BCUT2D eigenvalue weighted by atomic mass is 10.2. The number of sulfonamides is 1. The van der Waals surface area contributed by atoms with Crippen molar-refractivity contribution in [3.8, 4) is 0 Å². The molecule has 6 nitrogen and oxygen atoms in total. The summed E-state index contributed by atoms with van der Waals surface area (Å²) in [6, 6.07) is 6.56. The van der Waals surface area contributed by atoms with Crippen molar-refractivity contribution in [3.05, 3.63) is 54.0 Å². The molecule has 0 amide bonds. The molecule has 0 spiro atoms. The first-order chi connectivity index (χ1) is 13.1. The molecular weight excluding hydrogens is 397 g/mol. The maximum Gasteiger partial charge on any atom is 0.377 e. The second kappa shape index (κ2) is 11.0. The Morgan fingerprint density at radius 3 is 2.14 bits per heavy atom. The third kappa shape index (κ3) is 6.31. The van der Waals surface area contributed by atoms with Gasteiger partial charge in [-0.25, -0.2) is 8.42 Å². The molecule has 0 heterocycles. The first-order valence-electron chi connectivity index (χ1n) is 9.44. The van der Waals surface area contributed by atoms with Gasteiger partial charge in [0.25, 0.3) is 10.0 Å². The van der Waals surface area contributed by atoms with E-state index in [2.05, 4.69) is 6.58 Å². The van der Waals surface area contributed by atoms with E-state index in [1.807, 2.05) is 20.8 Å². The Morgan fingerprint density at radius 1 is 1.18 bits per heavy atom. The molecular formula is C20H32NO5PS. The van der Waals surface area contributed by atoms with Crippen molar-refractivity contribution in [3.63, 3.8) is 0 Å². The van der Waals surface area contributed by atoms with Crippen LogP contribution in [0.5, 0.6) is 0 Å². The molecule has 0 N–H and O–H groups in total. The summed E-state index contributed by atoms with van der Waals surface area (Å²) in [6.07, 6.45) is 3.65. The Bertz CT molecular complexity index is 806. The molecule has 0 aliphatic heterocycles. The summed E-state index contributed by atoms with van der Waals surface area (Å²) < 4.78 is 52.5. The highest BCUT2D eigenvalue weighted by Crippen LogP contribution is 2.58. The molecule has 1 rings (SSSR count). The van der Waals surface area contributed by atoms with Crippen LogP contribution in [0.15, 0.2) is 53.3 Å². The van der Waals surface area contributed by atoms with Gasteiger partial charge in [-0.15, -0.1) is 6.58 Å². The van der Waals surface area contributed by atoms with E-state index < -0.39 is 17.6 Å². The van der Waals surface area contributed by atoms with E-state index in [0.717, 1.165) is 9.87 Å². The zero-order valence-electron chi connectivity index (χ0n) is 17.4. The monoisotopic (exact) mass is 429 g/mol. The van der Waals surface area contributed by atoms with Gasteiger partial charge in [-0.3, -0.25) is 8.87 Å². The molecule has 8 heteroatoms. The van der Waals surface area contributed by atoms with Crippen LogP contribution in [0.1, 0.15) is 39.7 Å². The maximum absolute atomic E-state index is 13.5.